The first-order chi connectivity index (χ1) is 10.0. The molecule has 8 heteroatoms. The largest absolute Gasteiger partial charge is 0.462 e. The minimum absolute atomic E-state index is 0.200. The summed E-state index contributed by atoms with van der Waals surface area (Å²) in [4.78, 5) is 11.8. The van der Waals surface area contributed by atoms with Gasteiger partial charge in [0.25, 0.3) is 0 Å². The third-order valence-corrected chi connectivity index (χ3v) is 4.14. The Morgan fingerprint density at radius 2 is 1.73 bits per heavy atom. The van der Waals surface area contributed by atoms with Gasteiger partial charge in [0.1, 0.15) is 5.25 Å². The molecule has 132 valence electrons. The van der Waals surface area contributed by atoms with Crippen LogP contribution in [0, 0.1) is 0 Å². The molecule has 0 N–H and O–H groups in total. The molecule has 1 atom stereocenters. The van der Waals surface area contributed by atoms with Crippen LogP contribution in [0.2, 0.25) is 0 Å². The van der Waals surface area contributed by atoms with E-state index in [1.54, 1.807) is 13.8 Å². The third-order valence-electron chi connectivity index (χ3n) is 2.78. The summed E-state index contributed by atoms with van der Waals surface area (Å²) < 4.78 is 66.4. The molecular formula is C14H23F5O2S. The van der Waals surface area contributed by atoms with Gasteiger partial charge >= 0.3 is 18.1 Å². The number of esters is 1. The lowest BCUT2D eigenvalue weighted by Crippen LogP contribution is -2.36. The van der Waals surface area contributed by atoms with Crippen LogP contribution in [0.4, 0.5) is 22.0 Å². The summed E-state index contributed by atoms with van der Waals surface area (Å²) in [5.74, 6) is -4.65. The number of unbranched alkanes of at least 4 members (excludes halogenated alkanes) is 1. The number of carbonyl (C=O) groups excluding carboxylic acids is 1. The van der Waals surface area contributed by atoms with E-state index in [9.17, 15) is 26.7 Å². The highest BCUT2D eigenvalue weighted by Crippen LogP contribution is 2.39. The minimum Gasteiger partial charge on any atom is -0.462 e. The molecule has 0 amide bonds. The maximum absolute atomic E-state index is 12.7. The average Bonchev–Trinajstić information content (AvgIpc) is 2.34. The highest BCUT2D eigenvalue weighted by Gasteiger charge is 2.56. The standard InChI is InChI=1S/C14H23F5O2S/c1-4-7-11(12(20)21-10(2)3)22-9-6-5-8-13(15,16)14(17,18)19/h10-11H,4-9H2,1-3H3. The molecule has 0 spiro atoms. The maximum atomic E-state index is 12.7. The van der Waals surface area contributed by atoms with Gasteiger partial charge in [-0.1, -0.05) is 13.3 Å². The number of carbonyl (C=O) groups is 1. The fourth-order valence-corrected chi connectivity index (χ4v) is 2.91. The molecule has 22 heavy (non-hydrogen) atoms. The van der Waals surface area contributed by atoms with Crippen molar-refractivity contribution in [2.45, 2.75) is 76.3 Å². The van der Waals surface area contributed by atoms with Crippen LogP contribution in [0.1, 0.15) is 52.9 Å². The molecule has 0 bridgehead atoms. The second-order valence-electron chi connectivity index (χ2n) is 5.29. The van der Waals surface area contributed by atoms with Gasteiger partial charge in [-0.05, 0) is 38.9 Å². The second-order valence-corrected chi connectivity index (χ2v) is 6.60. The molecule has 0 fully saturated rings. The number of hydrogen-bond acceptors (Lipinski definition) is 3. The maximum Gasteiger partial charge on any atom is 0.453 e. The van der Waals surface area contributed by atoms with Crippen LogP contribution in [0.5, 0.6) is 0 Å². The van der Waals surface area contributed by atoms with Gasteiger partial charge in [0.2, 0.25) is 0 Å². The van der Waals surface area contributed by atoms with Crippen LogP contribution in [0.15, 0.2) is 0 Å². The van der Waals surface area contributed by atoms with Crippen molar-refractivity contribution in [1.29, 1.82) is 0 Å². The van der Waals surface area contributed by atoms with Crippen LogP contribution in [0.25, 0.3) is 0 Å². The van der Waals surface area contributed by atoms with Crippen LogP contribution in [-0.4, -0.2) is 35.2 Å². The van der Waals surface area contributed by atoms with E-state index in [0.717, 1.165) is 6.42 Å². The van der Waals surface area contributed by atoms with Gasteiger partial charge in [-0.3, -0.25) is 4.79 Å². The molecule has 0 aliphatic heterocycles. The van der Waals surface area contributed by atoms with Gasteiger partial charge in [-0.15, -0.1) is 11.8 Å². The summed E-state index contributed by atoms with van der Waals surface area (Å²) >= 11 is 1.25. The minimum atomic E-state index is -5.49. The fraction of sp³-hybridized carbons (Fsp3) is 0.929. The molecule has 0 saturated carbocycles. The molecule has 2 nitrogen and oxygen atoms in total. The van der Waals surface area contributed by atoms with Gasteiger partial charge in [0, 0.05) is 6.42 Å². The fourth-order valence-electron chi connectivity index (χ4n) is 1.66. The second kappa shape index (κ2) is 9.57. The van der Waals surface area contributed by atoms with Crippen LogP contribution < -0.4 is 0 Å². The van der Waals surface area contributed by atoms with E-state index in [1.165, 1.54) is 11.8 Å². The van der Waals surface area contributed by atoms with E-state index >= 15 is 0 Å². The first kappa shape index (κ1) is 21.5. The zero-order chi connectivity index (χ0) is 17.4. The Labute approximate surface area is 132 Å². The Kier molecular flexibility index (Phi) is 9.34. The normalized spacial score (nSPS) is 14.2. The van der Waals surface area contributed by atoms with Crippen molar-refractivity contribution in [3.63, 3.8) is 0 Å². The van der Waals surface area contributed by atoms with E-state index in [2.05, 4.69) is 0 Å². The molecule has 0 saturated heterocycles. The predicted octanol–water partition coefficient (Wildman–Crippen LogP) is 5.21. The predicted molar refractivity (Wildman–Crippen MR) is 77.2 cm³/mol. The molecule has 0 aromatic rings. The number of alkyl halides is 5. The van der Waals surface area contributed by atoms with E-state index in [-0.39, 0.29) is 24.9 Å². The summed E-state index contributed by atoms with van der Waals surface area (Å²) in [5.41, 5.74) is 0. The van der Waals surface area contributed by atoms with Crippen LogP contribution in [0.3, 0.4) is 0 Å². The highest BCUT2D eigenvalue weighted by molar-refractivity contribution is 8.00. The van der Waals surface area contributed by atoms with Crippen molar-refractivity contribution in [1.82, 2.24) is 0 Å². The van der Waals surface area contributed by atoms with Gasteiger partial charge in [0.05, 0.1) is 6.10 Å². The van der Waals surface area contributed by atoms with E-state index in [1.807, 2.05) is 6.92 Å². The van der Waals surface area contributed by atoms with Crippen molar-refractivity contribution in [3.8, 4) is 0 Å². The summed E-state index contributed by atoms with van der Waals surface area (Å²) in [6.45, 7) is 5.36. The zero-order valence-corrected chi connectivity index (χ0v) is 13.8. The van der Waals surface area contributed by atoms with Crippen LogP contribution >= 0.6 is 11.8 Å². The smallest absolute Gasteiger partial charge is 0.453 e. The first-order valence-electron chi connectivity index (χ1n) is 7.28. The number of thioether (sulfide) groups is 1. The average molecular weight is 350 g/mol. The van der Waals surface area contributed by atoms with Gasteiger partial charge in [-0.2, -0.15) is 22.0 Å². The van der Waals surface area contributed by atoms with Gasteiger partial charge in [-0.25, -0.2) is 0 Å². The Bertz CT molecular complexity index is 332. The van der Waals surface area contributed by atoms with Crippen molar-refractivity contribution in [2.75, 3.05) is 5.75 Å². The SMILES string of the molecule is CCCC(SCCCCC(F)(F)C(F)(F)F)C(=O)OC(C)C. The summed E-state index contributed by atoms with van der Waals surface area (Å²) in [6.07, 6.45) is -5.63. The lowest BCUT2D eigenvalue weighted by atomic mass is 10.1. The summed E-state index contributed by atoms with van der Waals surface area (Å²) in [6, 6.07) is 0. The third kappa shape index (κ3) is 8.19. The molecule has 1 unspecified atom stereocenters. The Morgan fingerprint density at radius 3 is 2.18 bits per heavy atom. The van der Waals surface area contributed by atoms with Crippen LogP contribution in [-0.2, 0) is 9.53 Å². The number of ether oxygens (including phenoxy) is 1. The Balaban J connectivity index is 4.12. The monoisotopic (exact) mass is 350 g/mol. The molecule has 0 heterocycles. The molecule has 0 aliphatic carbocycles. The number of hydrogen-bond donors (Lipinski definition) is 0. The van der Waals surface area contributed by atoms with Crippen molar-refractivity contribution < 1.29 is 31.5 Å². The van der Waals surface area contributed by atoms with E-state index in [0.29, 0.717) is 12.2 Å². The Morgan fingerprint density at radius 1 is 1.14 bits per heavy atom. The first-order valence-corrected chi connectivity index (χ1v) is 8.32. The molecule has 0 aliphatic rings. The molecular weight excluding hydrogens is 327 g/mol. The van der Waals surface area contributed by atoms with Crippen molar-refractivity contribution in [3.05, 3.63) is 0 Å². The number of rotatable bonds is 10. The van der Waals surface area contributed by atoms with Crippen molar-refractivity contribution >= 4 is 17.7 Å². The lowest BCUT2D eigenvalue weighted by molar-refractivity contribution is -0.284. The lowest BCUT2D eigenvalue weighted by Gasteiger charge is -2.19. The van der Waals surface area contributed by atoms with E-state index in [4.69, 9.17) is 4.74 Å². The number of halogens is 5. The van der Waals surface area contributed by atoms with E-state index < -0.39 is 23.8 Å². The Hall–Kier alpha value is -0.530. The molecule has 0 aromatic heterocycles. The van der Waals surface area contributed by atoms with Crippen molar-refractivity contribution in [2.24, 2.45) is 0 Å². The van der Waals surface area contributed by atoms with Gasteiger partial charge in [0.15, 0.2) is 0 Å². The molecule has 0 radical (unpaired) electrons. The summed E-state index contributed by atoms with van der Waals surface area (Å²) in [7, 11) is 0. The highest BCUT2D eigenvalue weighted by atomic mass is 32.2. The quantitative estimate of drug-likeness (QED) is 0.307. The zero-order valence-electron chi connectivity index (χ0n) is 13.0. The summed E-state index contributed by atoms with van der Waals surface area (Å²) in [5, 5.41) is -0.393. The molecule has 0 aromatic carbocycles. The topological polar surface area (TPSA) is 26.3 Å². The molecule has 0 rings (SSSR count). The van der Waals surface area contributed by atoms with Gasteiger partial charge < -0.3 is 4.74 Å².